The van der Waals surface area contributed by atoms with E-state index in [1.165, 1.54) is 11.1 Å². The topological polar surface area (TPSA) is 70.7 Å². The van der Waals surface area contributed by atoms with Crippen LogP contribution >= 0.6 is 0 Å². The Kier molecular flexibility index (Phi) is 6.20. The summed E-state index contributed by atoms with van der Waals surface area (Å²) in [5.41, 5.74) is 2.77. The molecule has 4 rings (SSSR count). The average Bonchev–Trinajstić information content (AvgIpc) is 3.29. The van der Waals surface area contributed by atoms with Crippen LogP contribution < -0.4 is 10.6 Å². The summed E-state index contributed by atoms with van der Waals surface area (Å²) in [5, 5.41) is 5.91. The van der Waals surface area contributed by atoms with Crippen LogP contribution in [0.4, 0.5) is 0 Å². The molecule has 2 saturated heterocycles. The van der Waals surface area contributed by atoms with Crippen molar-refractivity contribution in [2.75, 3.05) is 13.7 Å². The van der Waals surface area contributed by atoms with Crippen molar-refractivity contribution in [2.45, 2.75) is 82.1 Å². The number of carbonyl (C=O) groups is 2. The Hall–Kier alpha value is -1.92. The lowest BCUT2D eigenvalue weighted by Gasteiger charge is -2.32. The predicted octanol–water partition coefficient (Wildman–Crippen LogP) is 1.81. The van der Waals surface area contributed by atoms with E-state index < -0.39 is 6.04 Å². The zero-order chi connectivity index (χ0) is 20.4. The zero-order valence-electron chi connectivity index (χ0n) is 17.5. The van der Waals surface area contributed by atoms with Crippen LogP contribution in [-0.2, 0) is 27.2 Å². The van der Waals surface area contributed by atoms with Gasteiger partial charge in [0.15, 0.2) is 0 Å². The molecule has 0 spiro atoms. The molecule has 29 heavy (non-hydrogen) atoms. The van der Waals surface area contributed by atoms with Gasteiger partial charge in [-0.05, 0) is 70.0 Å². The fraction of sp³-hybridized carbons (Fsp3) is 0.652. The number of fused-ring (bicyclic) bond motifs is 2. The summed E-state index contributed by atoms with van der Waals surface area (Å²) in [4.78, 5) is 27.7. The number of benzene rings is 1. The predicted molar refractivity (Wildman–Crippen MR) is 112 cm³/mol. The van der Waals surface area contributed by atoms with Gasteiger partial charge in [-0.1, -0.05) is 24.3 Å². The Morgan fingerprint density at radius 1 is 1.17 bits per heavy atom. The molecule has 158 valence electrons. The van der Waals surface area contributed by atoms with Crippen molar-refractivity contribution in [1.29, 1.82) is 0 Å². The first-order chi connectivity index (χ1) is 14.1. The van der Waals surface area contributed by atoms with Gasteiger partial charge in [-0.25, -0.2) is 0 Å². The summed E-state index contributed by atoms with van der Waals surface area (Å²) in [6.45, 7) is 2.40. The highest BCUT2D eigenvalue weighted by Gasteiger charge is 2.42. The first-order valence-electron chi connectivity index (χ1n) is 11.0. The number of nitrogens with one attached hydrogen (secondary N) is 2. The van der Waals surface area contributed by atoms with Crippen LogP contribution in [0.5, 0.6) is 0 Å². The summed E-state index contributed by atoms with van der Waals surface area (Å²) in [7, 11) is 1.75. The normalized spacial score (nSPS) is 28.0. The van der Waals surface area contributed by atoms with Gasteiger partial charge < -0.3 is 20.3 Å². The summed E-state index contributed by atoms with van der Waals surface area (Å²) in [5.74, 6) is -0.0371. The molecule has 1 aliphatic carbocycles. The van der Waals surface area contributed by atoms with Crippen molar-refractivity contribution < 1.29 is 14.3 Å². The number of hydrogen-bond acceptors (Lipinski definition) is 4. The Labute approximate surface area is 173 Å². The van der Waals surface area contributed by atoms with Gasteiger partial charge in [-0.2, -0.15) is 0 Å². The highest BCUT2D eigenvalue weighted by molar-refractivity contribution is 5.90. The highest BCUT2D eigenvalue weighted by Crippen LogP contribution is 2.33. The fourth-order valence-corrected chi connectivity index (χ4v) is 5.07. The fourth-order valence-electron chi connectivity index (χ4n) is 5.07. The Morgan fingerprint density at radius 2 is 1.90 bits per heavy atom. The number of likely N-dealkylation sites (N-methyl/N-ethyl adjacent to an activating group) is 1. The molecule has 2 aliphatic heterocycles. The lowest BCUT2D eigenvalue weighted by atomic mass is 10.1. The Balaban J connectivity index is 1.37. The average molecular weight is 400 g/mol. The van der Waals surface area contributed by atoms with Gasteiger partial charge in [-0.3, -0.25) is 9.59 Å². The molecule has 0 radical (unpaired) electrons. The van der Waals surface area contributed by atoms with Crippen molar-refractivity contribution in [3.05, 3.63) is 35.4 Å². The van der Waals surface area contributed by atoms with Crippen LogP contribution in [0.2, 0.25) is 0 Å². The van der Waals surface area contributed by atoms with E-state index in [9.17, 15) is 9.59 Å². The SMILES string of the molecule is CNC(C)C(=O)N[C@H]1CCC[C@H]2CC[C@@H](COC3Cc4ccccc4C3)N2C1=O. The number of carbonyl (C=O) groups excluding carboxylic acids is 2. The molecule has 2 fully saturated rings. The number of amides is 2. The number of rotatable bonds is 6. The second kappa shape index (κ2) is 8.84. The van der Waals surface area contributed by atoms with E-state index in [1.54, 1.807) is 7.05 Å². The van der Waals surface area contributed by atoms with Gasteiger partial charge >= 0.3 is 0 Å². The molecule has 2 N–H and O–H groups in total. The van der Waals surface area contributed by atoms with Crippen molar-refractivity contribution >= 4 is 11.8 Å². The van der Waals surface area contributed by atoms with Crippen molar-refractivity contribution in [3.63, 3.8) is 0 Å². The van der Waals surface area contributed by atoms with Gasteiger partial charge in [-0.15, -0.1) is 0 Å². The van der Waals surface area contributed by atoms with Crippen LogP contribution in [0.1, 0.15) is 50.2 Å². The molecule has 1 aromatic rings. The molecule has 2 amide bonds. The quantitative estimate of drug-likeness (QED) is 0.765. The van der Waals surface area contributed by atoms with Gasteiger partial charge in [0.2, 0.25) is 11.8 Å². The van der Waals surface area contributed by atoms with Crippen LogP contribution in [0.3, 0.4) is 0 Å². The Morgan fingerprint density at radius 3 is 2.59 bits per heavy atom. The van der Waals surface area contributed by atoms with Crippen LogP contribution in [0.25, 0.3) is 0 Å². The number of ether oxygens (including phenoxy) is 1. The van der Waals surface area contributed by atoms with Gasteiger partial charge in [0.05, 0.1) is 24.8 Å². The lowest BCUT2D eigenvalue weighted by Crippen LogP contribution is -2.54. The third kappa shape index (κ3) is 4.33. The second-order valence-corrected chi connectivity index (χ2v) is 8.77. The molecule has 6 nitrogen and oxygen atoms in total. The smallest absolute Gasteiger partial charge is 0.245 e. The maximum atomic E-state index is 13.3. The molecule has 3 aliphatic rings. The minimum absolute atomic E-state index is 0.0740. The van der Waals surface area contributed by atoms with E-state index in [0.717, 1.165) is 44.9 Å². The van der Waals surface area contributed by atoms with Gasteiger partial charge in [0, 0.05) is 6.04 Å². The highest BCUT2D eigenvalue weighted by atomic mass is 16.5. The van der Waals surface area contributed by atoms with E-state index in [-0.39, 0.29) is 30.0 Å². The van der Waals surface area contributed by atoms with Crippen LogP contribution in [0, 0.1) is 0 Å². The molecule has 6 heteroatoms. The molecular weight excluding hydrogens is 366 g/mol. The van der Waals surface area contributed by atoms with Crippen molar-refractivity contribution in [3.8, 4) is 0 Å². The van der Waals surface area contributed by atoms with E-state index in [1.807, 2.05) is 11.8 Å². The molecule has 2 heterocycles. The maximum Gasteiger partial charge on any atom is 0.245 e. The molecule has 0 bridgehead atoms. The molecular formula is C23H33N3O3. The van der Waals surface area contributed by atoms with Crippen molar-refractivity contribution in [1.82, 2.24) is 15.5 Å². The summed E-state index contributed by atoms with van der Waals surface area (Å²) >= 11 is 0. The number of hydrogen-bond donors (Lipinski definition) is 2. The largest absolute Gasteiger partial charge is 0.375 e. The standard InChI is InChI=1S/C23H33N3O3/c1-15(24-2)22(27)25-21-9-5-8-18-10-11-19(26(18)23(21)28)14-29-20-12-16-6-3-4-7-17(16)13-20/h3-4,6-7,15,18-21,24H,5,8-14H2,1-2H3,(H,25,27)/t15?,18-,19-,21-/m0/s1. The summed E-state index contributed by atoms with van der Waals surface area (Å²) < 4.78 is 6.29. The van der Waals surface area contributed by atoms with Gasteiger partial charge in [0.1, 0.15) is 6.04 Å². The third-order valence-corrected chi connectivity index (χ3v) is 6.88. The van der Waals surface area contributed by atoms with E-state index in [4.69, 9.17) is 4.74 Å². The van der Waals surface area contributed by atoms with E-state index >= 15 is 0 Å². The maximum absolute atomic E-state index is 13.3. The Bertz CT molecular complexity index is 728. The number of nitrogens with zero attached hydrogens (tertiary/aromatic N) is 1. The minimum Gasteiger partial charge on any atom is -0.375 e. The van der Waals surface area contributed by atoms with Crippen LogP contribution in [0.15, 0.2) is 24.3 Å². The molecule has 0 aromatic heterocycles. The van der Waals surface area contributed by atoms with E-state index in [2.05, 4.69) is 34.9 Å². The first-order valence-corrected chi connectivity index (χ1v) is 11.0. The molecule has 4 atom stereocenters. The second-order valence-electron chi connectivity index (χ2n) is 8.77. The molecule has 1 aromatic carbocycles. The summed E-state index contributed by atoms with van der Waals surface area (Å²) in [6.07, 6.45) is 6.87. The van der Waals surface area contributed by atoms with Crippen LogP contribution in [-0.4, -0.2) is 60.6 Å². The monoisotopic (exact) mass is 399 g/mol. The third-order valence-electron chi connectivity index (χ3n) is 6.88. The van der Waals surface area contributed by atoms with Gasteiger partial charge in [0.25, 0.3) is 0 Å². The van der Waals surface area contributed by atoms with E-state index in [0.29, 0.717) is 12.6 Å². The lowest BCUT2D eigenvalue weighted by molar-refractivity contribution is -0.140. The molecule has 0 saturated carbocycles. The summed E-state index contributed by atoms with van der Waals surface area (Å²) in [6, 6.07) is 8.23. The first kappa shape index (κ1) is 20.4. The minimum atomic E-state index is -0.417. The van der Waals surface area contributed by atoms with Crippen molar-refractivity contribution in [2.24, 2.45) is 0 Å². The molecule has 1 unspecified atom stereocenters. The zero-order valence-corrected chi connectivity index (χ0v) is 17.5.